The highest BCUT2D eigenvalue weighted by molar-refractivity contribution is 7.26. The number of anilines is 3. The molecular formula is C47H30N2S2. The zero-order valence-electron chi connectivity index (χ0n) is 27.5. The van der Waals surface area contributed by atoms with Crippen molar-refractivity contribution in [1.29, 1.82) is 0 Å². The average molecular weight is 687 g/mol. The first-order valence-corrected chi connectivity index (χ1v) is 18.8. The van der Waals surface area contributed by atoms with E-state index in [9.17, 15) is 0 Å². The molecule has 0 aliphatic heterocycles. The molecule has 2 heterocycles. The average Bonchev–Trinajstić information content (AvgIpc) is 3.79. The van der Waals surface area contributed by atoms with Crippen LogP contribution in [-0.2, 0) is 0 Å². The number of thiazole rings is 1. The van der Waals surface area contributed by atoms with Crippen LogP contribution in [0.2, 0.25) is 0 Å². The molecule has 4 heteroatoms. The quantitative estimate of drug-likeness (QED) is 0.173. The van der Waals surface area contributed by atoms with Crippen molar-refractivity contribution in [3.63, 3.8) is 0 Å². The van der Waals surface area contributed by atoms with Gasteiger partial charge in [0.1, 0.15) is 5.01 Å². The van der Waals surface area contributed by atoms with Crippen molar-refractivity contribution >= 4 is 80.9 Å². The molecule has 0 amide bonds. The van der Waals surface area contributed by atoms with Crippen molar-refractivity contribution in [2.24, 2.45) is 0 Å². The largest absolute Gasteiger partial charge is 0.310 e. The third kappa shape index (κ3) is 5.28. The maximum Gasteiger partial charge on any atom is 0.124 e. The van der Waals surface area contributed by atoms with Crippen molar-refractivity contribution < 1.29 is 0 Å². The molecule has 0 N–H and O–H groups in total. The fraction of sp³-hybridized carbons (Fsp3) is 0. The predicted octanol–water partition coefficient (Wildman–Crippen LogP) is 14.3. The second kappa shape index (κ2) is 12.4. The van der Waals surface area contributed by atoms with Crippen LogP contribution in [0.3, 0.4) is 0 Å². The third-order valence-electron chi connectivity index (χ3n) is 9.67. The van der Waals surface area contributed by atoms with E-state index >= 15 is 0 Å². The molecule has 0 unspecified atom stereocenters. The van der Waals surface area contributed by atoms with Crippen LogP contribution in [0.5, 0.6) is 0 Å². The normalized spacial score (nSPS) is 11.5. The van der Waals surface area contributed by atoms with Crippen molar-refractivity contribution in [3.05, 3.63) is 182 Å². The lowest BCUT2D eigenvalue weighted by Crippen LogP contribution is -2.10. The Morgan fingerprint density at radius 3 is 1.84 bits per heavy atom. The van der Waals surface area contributed by atoms with Gasteiger partial charge in [0.25, 0.3) is 0 Å². The second-order valence-electron chi connectivity index (χ2n) is 12.8. The molecule has 51 heavy (non-hydrogen) atoms. The lowest BCUT2D eigenvalue weighted by atomic mass is 9.96. The molecule has 0 aliphatic rings. The van der Waals surface area contributed by atoms with Crippen molar-refractivity contribution in [2.75, 3.05) is 4.90 Å². The fourth-order valence-electron chi connectivity index (χ4n) is 7.26. The van der Waals surface area contributed by atoms with E-state index in [1.165, 1.54) is 57.9 Å². The number of benzene rings is 8. The van der Waals surface area contributed by atoms with E-state index in [1.807, 2.05) is 11.3 Å². The monoisotopic (exact) mass is 686 g/mol. The number of thiophene rings is 1. The summed E-state index contributed by atoms with van der Waals surface area (Å²) in [5.74, 6) is 0. The molecule has 0 atom stereocenters. The van der Waals surface area contributed by atoms with E-state index in [-0.39, 0.29) is 0 Å². The van der Waals surface area contributed by atoms with E-state index in [0.29, 0.717) is 0 Å². The van der Waals surface area contributed by atoms with Crippen LogP contribution in [0.1, 0.15) is 0 Å². The second-order valence-corrected chi connectivity index (χ2v) is 14.9. The lowest BCUT2D eigenvalue weighted by molar-refractivity contribution is 1.31. The maximum atomic E-state index is 5.14. The van der Waals surface area contributed by atoms with Gasteiger partial charge in [-0.2, -0.15) is 0 Å². The minimum atomic E-state index is 1.04. The summed E-state index contributed by atoms with van der Waals surface area (Å²) in [4.78, 5) is 7.58. The molecule has 0 saturated carbocycles. The Bertz CT molecular complexity index is 2840. The summed E-state index contributed by atoms with van der Waals surface area (Å²) in [7, 11) is 0. The zero-order valence-corrected chi connectivity index (χ0v) is 29.2. The molecular weight excluding hydrogens is 657 g/mol. The van der Waals surface area contributed by atoms with E-state index in [0.717, 1.165) is 33.1 Å². The molecule has 10 rings (SSSR count). The highest BCUT2D eigenvalue weighted by Crippen LogP contribution is 2.48. The Balaban J connectivity index is 1.22. The number of nitrogens with zero attached hydrogens (tertiary/aromatic N) is 2. The number of hydrogen-bond acceptors (Lipinski definition) is 4. The Morgan fingerprint density at radius 1 is 0.412 bits per heavy atom. The van der Waals surface area contributed by atoms with Crippen LogP contribution in [0.15, 0.2) is 182 Å². The van der Waals surface area contributed by atoms with Gasteiger partial charge in [0, 0.05) is 37.1 Å². The van der Waals surface area contributed by atoms with Gasteiger partial charge in [-0.15, -0.1) is 22.7 Å². The Kier molecular flexibility index (Phi) is 7.23. The fourth-order valence-corrected chi connectivity index (χ4v) is 9.48. The summed E-state index contributed by atoms with van der Waals surface area (Å²) < 4.78 is 3.75. The van der Waals surface area contributed by atoms with E-state index < -0.39 is 0 Å². The van der Waals surface area contributed by atoms with Gasteiger partial charge in [-0.1, -0.05) is 133 Å². The summed E-state index contributed by atoms with van der Waals surface area (Å²) in [6.45, 7) is 0. The van der Waals surface area contributed by atoms with Crippen LogP contribution >= 0.6 is 22.7 Å². The zero-order chi connectivity index (χ0) is 33.7. The summed E-state index contributed by atoms with van der Waals surface area (Å²) in [5.41, 5.74) is 10.4. The van der Waals surface area contributed by atoms with E-state index in [2.05, 4.69) is 187 Å². The Morgan fingerprint density at radius 2 is 1.08 bits per heavy atom. The molecule has 0 radical (unpaired) electrons. The van der Waals surface area contributed by atoms with E-state index in [1.54, 1.807) is 11.3 Å². The van der Waals surface area contributed by atoms with Crippen molar-refractivity contribution in [1.82, 2.24) is 4.98 Å². The standard InChI is InChI=1S/C47H30N2S2/c1-4-13-31(14-5-1)32-23-25-36(26-24-32)49(37-27-35-19-10-11-20-38(35)39(28-37)33-15-6-2-7-16-33)42-21-12-22-43-46(42)40-29-41-45(30-44(40)50-43)51-47(48-41)34-17-8-3-9-18-34/h1-30H. The SMILES string of the molecule is c1ccc(-c2ccc(N(c3cc(-c4ccccc4)c4ccccc4c3)c3cccc4sc5cc6sc(-c7ccccc7)nc6cc5c34)cc2)cc1. The van der Waals surface area contributed by atoms with Gasteiger partial charge in [0.2, 0.25) is 0 Å². The maximum absolute atomic E-state index is 5.14. The minimum absolute atomic E-state index is 1.04. The number of aromatic nitrogens is 1. The smallest absolute Gasteiger partial charge is 0.124 e. The lowest BCUT2D eigenvalue weighted by Gasteiger charge is -2.28. The molecule has 0 aliphatic carbocycles. The van der Waals surface area contributed by atoms with Gasteiger partial charge in [-0.05, 0) is 81.6 Å². The number of hydrogen-bond donors (Lipinski definition) is 0. The summed E-state index contributed by atoms with van der Waals surface area (Å²) >= 11 is 3.62. The minimum Gasteiger partial charge on any atom is -0.310 e. The molecule has 0 bridgehead atoms. The molecule has 0 fully saturated rings. The molecule has 10 aromatic rings. The molecule has 2 aromatic heterocycles. The van der Waals surface area contributed by atoms with E-state index in [4.69, 9.17) is 4.98 Å². The molecule has 240 valence electrons. The van der Waals surface area contributed by atoms with Gasteiger partial charge in [0.15, 0.2) is 0 Å². The first kappa shape index (κ1) is 29.8. The van der Waals surface area contributed by atoms with Gasteiger partial charge in [-0.25, -0.2) is 4.98 Å². The van der Waals surface area contributed by atoms with Crippen molar-refractivity contribution in [3.8, 4) is 32.8 Å². The van der Waals surface area contributed by atoms with Crippen LogP contribution in [-0.4, -0.2) is 4.98 Å². The summed E-state index contributed by atoms with van der Waals surface area (Å²) in [6, 6.07) is 65.7. The highest BCUT2D eigenvalue weighted by Gasteiger charge is 2.21. The first-order chi connectivity index (χ1) is 25.3. The Labute approximate surface area is 304 Å². The third-order valence-corrected chi connectivity index (χ3v) is 11.9. The van der Waals surface area contributed by atoms with Gasteiger partial charge in [0.05, 0.1) is 15.9 Å². The van der Waals surface area contributed by atoms with Crippen LogP contribution in [0.4, 0.5) is 17.1 Å². The van der Waals surface area contributed by atoms with Crippen LogP contribution in [0, 0.1) is 0 Å². The molecule has 2 nitrogen and oxygen atoms in total. The van der Waals surface area contributed by atoms with Gasteiger partial charge < -0.3 is 4.90 Å². The summed E-state index contributed by atoms with van der Waals surface area (Å²) in [5, 5.41) is 5.98. The van der Waals surface area contributed by atoms with Gasteiger partial charge >= 0.3 is 0 Å². The summed E-state index contributed by atoms with van der Waals surface area (Å²) in [6.07, 6.45) is 0. The predicted molar refractivity (Wildman–Crippen MR) is 221 cm³/mol. The topological polar surface area (TPSA) is 16.1 Å². The Hall–Kier alpha value is -6.07. The molecule has 0 saturated heterocycles. The highest BCUT2D eigenvalue weighted by atomic mass is 32.1. The van der Waals surface area contributed by atoms with Gasteiger partial charge in [-0.3, -0.25) is 0 Å². The first-order valence-electron chi connectivity index (χ1n) is 17.1. The number of fused-ring (bicyclic) bond motifs is 5. The van der Waals surface area contributed by atoms with Crippen LogP contribution < -0.4 is 4.90 Å². The van der Waals surface area contributed by atoms with Crippen molar-refractivity contribution in [2.45, 2.75) is 0 Å². The number of rotatable bonds is 6. The molecule has 0 spiro atoms. The molecule has 8 aromatic carbocycles. The van der Waals surface area contributed by atoms with Crippen LogP contribution in [0.25, 0.3) is 74.0 Å².